The maximum atomic E-state index is 14.0. The fourth-order valence-corrected chi connectivity index (χ4v) is 11.7. The standard InChI is InChI=1S/C66H91N5O8S/c1-14-65(11,62(75)50(6)79-49(5)48(4)72)69-43-42-68-59(74)46-70(13)66(12,15-2)58(73)36-22-19-28-44-71-55-40-39-52-31-24-26-33-54(52)61(55)64(9,10)57(71)35-21-18-16-17-20-34-56(67-41-27-29-45-80(76,77)78)63(7,8)60-47(3)37-38-51-30-23-25-32-53(51)60/h16-18,20-21,23-26,30-35,37-40,49-50,69H,14-15,19,22,27-29,36,41-46H2,1-13H3,(H,68,74)(H,76,77,78)/b17-16+,21-18+,34-20+,57-35-,67-56+/t49?,50-,65?,66?/m0/s1. The molecule has 4 aromatic carbocycles. The molecule has 3 unspecified atom stereocenters. The van der Waals surface area contributed by atoms with Crippen molar-refractivity contribution >= 4 is 66.3 Å². The molecule has 0 saturated carbocycles. The predicted molar refractivity (Wildman–Crippen MR) is 330 cm³/mol. The van der Waals surface area contributed by atoms with Crippen molar-refractivity contribution in [2.24, 2.45) is 4.99 Å². The van der Waals surface area contributed by atoms with Crippen LogP contribution in [0.25, 0.3) is 21.5 Å². The quantitative estimate of drug-likeness (QED) is 0.0184. The normalized spacial score (nSPS) is 17.0. The van der Waals surface area contributed by atoms with Gasteiger partial charge in [-0.1, -0.05) is 145 Å². The Morgan fingerprint density at radius 1 is 0.800 bits per heavy atom. The average molecular weight is 1110 g/mol. The molecule has 14 heteroatoms. The van der Waals surface area contributed by atoms with Gasteiger partial charge in [-0.3, -0.25) is 33.6 Å². The number of hydrogen-bond donors (Lipinski definition) is 3. The summed E-state index contributed by atoms with van der Waals surface area (Å²) in [5, 5.41) is 11.0. The SMILES string of the molecule is CCC(C)(NCCNC(=O)CN(C)C(C)(CC)C(=O)CCCCCN1\C(=C/C=C/C=C/C=C/C(=N\CCCCS(=O)(=O)O)C(C)(C)c2c(C)ccc3ccccc23)C(C)(C)c2c1ccc1ccccc21)C(=O)[C@H](C)OC(C)C(C)=O. The molecule has 0 bridgehead atoms. The number of aryl methyl sites for hydroxylation is 1. The van der Waals surface area contributed by atoms with E-state index in [2.05, 4.69) is 129 Å². The minimum absolute atomic E-state index is 0.0506. The van der Waals surface area contributed by atoms with Crippen molar-refractivity contribution in [3.63, 3.8) is 0 Å². The average Bonchev–Trinajstić information content (AvgIpc) is 3.65. The largest absolute Gasteiger partial charge is 0.360 e. The molecule has 3 N–H and O–H groups in total. The van der Waals surface area contributed by atoms with Crippen LogP contribution in [0.4, 0.5) is 5.69 Å². The number of aliphatic imine (C=N–C) groups is 1. The molecular weight excluding hydrogens is 1020 g/mol. The number of hydrogen-bond acceptors (Lipinski definition) is 11. The van der Waals surface area contributed by atoms with E-state index in [1.165, 1.54) is 45.6 Å². The number of anilines is 1. The third kappa shape index (κ3) is 16.4. The third-order valence-electron chi connectivity index (χ3n) is 16.6. The molecule has 0 fully saturated rings. The molecule has 0 spiro atoms. The van der Waals surface area contributed by atoms with E-state index < -0.39 is 38.8 Å². The second kappa shape index (κ2) is 28.7. The van der Waals surface area contributed by atoms with Crippen LogP contribution in [0.1, 0.15) is 144 Å². The second-order valence-corrected chi connectivity index (χ2v) is 24.6. The number of ether oxygens (including phenoxy) is 1. The maximum absolute atomic E-state index is 14.0. The highest BCUT2D eigenvalue weighted by molar-refractivity contribution is 7.85. The molecule has 5 rings (SSSR count). The number of rotatable bonds is 32. The van der Waals surface area contributed by atoms with Gasteiger partial charge in [0.2, 0.25) is 5.91 Å². The molecule has 0 saturated heterocycles. The van der Waals surface area contributed by atoms with Gasteiger partial charge in [0, 0.05) is 60.5 Å². The first kappa shape index (κ1) is 64.9. The van der Waals surface area contributed by atoms with Crippen LogP contribution in [-0.4, -0.2) is 116 Å². The first-order valence-corrected chi connectivity index (χ1v) is 30.3. The van der Waals surface area contributed by atoms with Crippen molar-refractivity contribution in [2.45, 2.75) is 169 Å². The molecule has 1 aliphatic heterocycles. The van der Waals surface area contributed by atoms with Crippen LogP contribution < -0.4 is 15.5 Å². The summed E-state index contributed by atoms with van der Waals surface area (Å²) >= 11 is 0. The van der Waals surface area contributed by atoms with Gasteiger partial charge in [0.1, 0.15) is 12.2 Å². The highest BCUT2D eigenvalue weighted by atomic mass is 32.2. The Hall–Kier alpha value is -5.90. The molecule has 80 heavy (non-hydrogen) atoms. The number of amides is 1. The Labute approximate surface area is 478 Å². The smallest absolute Gasteiger partial charge is 0.264 e. The Morgan fingerprint density at radius 2 is 1.44 bits per heavy atom. The monoisotopic (exact) mass is 1110 g/mol. The van der Waals surface area contributed by atoms with E-state index in [-0.39, 0.29) is 41.0 Å². The first-order chi connectivity index (χ1) is 37.7. The van der Waals surface area contributed by atoms with Gasteiger partial charge in [-0.05, 0) is 144 Å². The number of fused-ring (bicyclic) bond motifs is 4. The number of benzene rings is 4. The predicted octanol–water partition coefficient (Wildman–Crippen LogP) is 12.1. The summed E-state index contributed by atoms with van der Waals surface area (Å²) in [5.74, 6) is -0.686. The molecule has 434 valence electrons. The van der Waals surface area contributed by atoms with E-state index >= 15 is 0 Å². The number of nitrogens with zero attached hydrogens (tertiary/aromatic N) is 3. The van der Waals surface area contributed by atoms with E-state index in [1.807, 2.05) is 69.2 Å². The summed E-state index contributed by atoms with van der Waals surface area (Å²) < 4.78 is 37.7. The van der Waals surface area contributed by atoms with Gasteiger partial charge in [0.05, 0.1) is 23.4 Å². The fourth-order valence-electron chi connectivity index (χ4n) is 11.1. The first-order valence-electron chi connectivity index (χ1n) is 28.7. The minimum atomic E-state index is -4.04. The lowest BCUT2D eigenvalue weighted by atomic mass is 9.75. The van der Waals surface area contributed by atoms with Crippen LogP contribution >= 0.6 is 0 Å². The Morgan fingerprint density at radius 3 is 2.10 bits per heavy atom. The summed E-state index contributed by atoms with van der Waals surface area (Å²) in [7, 11) is -2.21. The van der Waals surface area contributed by atoms with Crippen molar-refractivity contribution in [1.82, 2.24) is 15.5 Å². The Bertz CT molecular complexity index is 3100. The summed E-state index contributed by atoms with van der Waals surface area (Å²) in [6.07, 6.45) is 17.7. The van der Waals surface area contributed by atoms with Crippen molar-refractivity contribution in [2.75, 3.05) is 50.4 Å². The number of likely N-dealkylation sites (N-methyl/N-ethyl adjacent to an activating group) is 1. The van der Waals surface area contributed by atoms with Gasteiger partial charge in [0.25, 0.3) is 10.1 Å². The van der Waals surface area contributed by atoms with E-state index in [9.17, 15) is 32.1 Å². The third-order valence-corrected chi connectivity index (χ3v) is 17.4. The van der Waals surface area contributed by atoms with E-state index in [0.717, 1.165) is 42.5 Å². The number of nitrogens with one attached hydrogen (secondary N) is 2. The fraction of sp³-hybridized carbons (Fsp3) is 0.500. The molecule has 1 aliphatic rings. The lowest BCUT2D eigenvalue weighted by Gasteiger charge is -2.36. The van der Waals surface area contributed by atoms with Crippen LogP contribution in [0.5, 0.6) is 0 Å². The van der Waals surface area contributed by atoms with Crippen molar-refractivity contribution in [3.8, 4) is 0 Å². The van der Waals surface area contributed by atoms with E-state index in [4.69, 9.17) is 9.73 Å². The number of carbonyl (C=O) groups excluding carboxylic acids is 4. The zero-order valence-corrected chi connectivity index (χ0v) is 50.9. The molecule has 13 nitrogen and oxygen atoms in total. The second-order valence-electron chi connectivity index (χ2n) is 23.1. The topological polar surface area (TPSA) is 175 Å². The van der Waals surface area contributed by atoms with Gasteiger partial charge >= 0.3 is 0 Å². The van der Waals surface area contributed by atoms with Crippen LogP contribution in [0, 0.1) is 6.92 Å². The number of Topliss-reactive ketones (excluding diaryl/α,β-unsaturated/α-hetero) is 3. The van der Waals surface area contributed by atoms with Crippen molar-refractivity contribution < 1.29 is 36.9 Å². The number of carbonyl (C=O) groups is 4. The highest BCUT2D eigenvalue weighted by Crippen LogP contribution is 2.51. The van der Waals surface area contributed by atoms with E-state index in [0.29, 0.717) is 51.7 Å². The molecule has 4 atom stereocenters. The summed E-state index contributed by atoms with van der Waals surface area (Å²) in [5.41, 5.74) is 4.42. The van der Waals surface area contributed by atoms with Gasteiger partial charge in [0.15, 0.2) is 17.3 Å². The summed E-state index contributed by atoms with van der Waals surface area (Å²) in [6, 6.07) is 25.7. The van der Waals surface area contributed by atoms with Crippen molar-refractivity contribution in [3.05, 3.63) is 138 Å². The molecule has 0 radical (unpaired) electrons. The van der Waals surface area contributed by atoms with E-state index in [1.54, 1.807) is 20.8 Å². The molecule has 1 amide bonds. The minimum Gasteiger partial charge on any atom is -0.360 e. The zero-order chi connectivity index (χ0) is 59.1. The lowest BCUT2D eigenvalue weighted by molar-refractivity contribution is -0.144. The Balaban J connectivity index is 1.23. The van der Waals surface area contributed by atoms with Gasteiger partial charge in [-0.2, -0.15) is 8.42 Å². The zero-order valence-electron chi connectivity index (χ0n) is 50.1. The molecule has 0 aromatic heterocycles. The van der Waals surface area contributed by atoms with Gasteiger partial charge in [-0.15, -0.1) is 0 Å². The maximum Gasteiger partial charge on any atom is 0.264 e. The van der Waals surface area contributed by atoms with Gasteiger partial charge < -0.3 is 20.3 Å². The Kier molecular flexibility index (Phi) is 23.3. The number of ketones is 3. The number of allylic oxidation sites excluding steroid dienone is 8. The van der Waals surface area contributed by atoms with Gasteiger partial charge in [-0.25, -0.2) is 0 Å². The van der Waals surface area contributed by atoms with Crippen LogP contribution in [0.2, 0.25) is 0 Å². The van der Waals surface area contributed by atoms with Crippen LogP contribution in [-0.2, 0) is 44.9 Å². The molecule has 1 heterocycles. The lowest BCUT2D eigenvalue weighted by Crippen LogP contribution is -2.56. The highest BCUT2D eigenvalue weighted by Gasteiger charge is 2.41. The molecule has 0 aliphatic carbocycles. The van der Waals surface area contributed by atoms with Crippen LogP contribution in [0.15, 0.2) is 126 Å². The van der Waals surface area contributed by atoms with Crippen LogP contribution in [0.3, 0.4) is 0 Å². The molecular formula is C66H91N5O8S. The number of unbranched alkanes of at least 4 members (excludes halogenated alkanes) is 3. The molecule has 4 aromatic rings. The summed E-state index contributed by atoms with van der Waals surface area (Å²) in [6.45, 7) is 25.3. The summed E-state index contributed by atoms with van der Waals surface area (Å²) in [4.78, 5) is 61.5. The van der Waals surface area contributed by atoms with Crippen molar-refractivity contribution in [1.29, 1.82) is 0 Å².